The maximum absolute atomic E-state index is 13.8. The van der Waals surface area contributed by atoms with Gasteiger partial charge in [0.25, 0.3) is 5.91 Å². The Bertz CT molecular complexity index is 1110. The van der Waals surface area contributed by atoms with E-state index in [1.807, 2.05) is 30.0 Å². The van der Waals surface area contributed by atoms with Gasteiger partial charge in [0.1, 0.15) is 17.1 Å². The molecule has 4 rings (SSSR count). The normalized spacial score (nSPS) is 23.7. The number of phenols is 1. The van der Waals surface area contributed by atoms with Crippen LogP contribution in [0.2, 0.25) is 0 Å². The number of nitrogens with zero attached hydrogens (tertiary/aromatic N) is 2. The maximum Gasteiger partial charge on any atom is 0.337 e. The van der Waals surface area contributed by atoms with Gasteiger partial charge in [-0.2, -0.15) is 0 Å². The first-order chi connectivity index (χ1) is 16.1. The lowest BCUT2D eigenvalue weighted by Gasteiger charge is -2.46. The van der Waals surface area contributed by atoms with Crippen LogP contribution in [-0.4, -0.2) is 40.4 Å². The third kappa shape index (κ3) is 4.33. The zero-order chi connectivity index (χ0) is 24.7. The highest BCUT2D eigenvalue weighted by atomic mass is 16.5. The number of ether oxygens (including phenoxy) is 1. The predicted molar refractivity (Wildman–Crippen MR) is 132 cm³/mol. The first-order valence-electron chi connectivity index (χ1n) is 12.0. The molecule has 1 aliphatic heterocycles. The Morgan fingerprint density at radius 3 is 2.35 bits per heavy atom. The van der Waals surface area contributed by atoms with Crippen molar-refractivity contribution in [2.75, 3.05) is 7.11 Å². The molecule has 6 heteroatoms. The zero-order valence-corrected chi connectivity index (χ0v) is 20.7. The van der Waals surface area contributed by atoms with Gasteiger partial charge in [0.2, 0.25) is 0 Å². The average molecular weight is 463 g/mol. The van der Waals surface area contributed by atoms with Gasteiger partial charge in [-0.25, -0.2) is 4.79 Å². The van der Waals surface area contributed by atoms with E-state index in [0.717, 1.165) is 31.2 Å². The van der Waals surface area contributed by atoms with Crippen LogP contribution in [0, 0.1) is 11.3 Å². The van der Waals surface area contributed by atoms with E-state index < -0.39 is 5.66 Å². The van der Waals surface area contributed by atoms with Gasteiger partial charge in [0.05, 0.1) is 18.7 Å². The molecule has 1 spiro atoms. The van der Waals surface area contributed by atoms with Gasteiger partial charge in [-0.05, 0) is 73.8 Å². The van der Waals surface area contributed by atoms with Gasteiger partial charge in [-0.1, -0.05) is 45.0 Å². The number of esters is 1. The van der Waals surface area contributed by atoms with Gasteiger partial charge in [0.15, 0.2) is 0 Å². The molecule has 180 valence electrons. The number of methoxy groups -OCH3 is 1. The van der Waals surface area contributed by atoms with Gasteiger partial charge in [-0.15, -0.1) is 0 Å². The fourth-order valence-corrected chi connectivity index (χ4v) is 5.45. The van der Waals surface area contributed by atoms with Crippen molar-refractivity contribution in [2.45, 2.75) is 65.1 Å². The second kappa shape index (κ2) is 8.90. The largest absolute Gasteiger partial charge is 0.508 e. The third-order valence-electron chi connectivity index (χ3n) is 7.52. The minimum absolute atomic E-state index is 0.114. The smallest absolute Gasteiger partial charge is 0.337 e. The number of aromatic hydroxyl groups is 1. The summed E-state index contributed by atoms with van der Waals surface area (Å²) in [6, 6.07) is 13.8. The van der Waals surface area contributed by atoms with Crippen molar-refractivity contribution in [3.05, 3.63) is 65.2 Å². The molecule has 1 saturated carbocycles. The van der Waals surface area contributed by atoms with Crippen LogP contribution in [-0.2, 0) is 9.53 Å². The molecule has 1 amide bonds. The van der Waals surface area contributed by atoms with Gasteiger partial charge in [0, 0.05) is 5.56 Å². The molecule has 0 bridgehead atoms. The third-order valence-corrected chi connectivity index (χ3v) is 7.52. The highest BCUT2D eigenvalue weighted by molar-refractivity contribution is 6.46. The van der Waals surface area contributed by atoms with Crippen molar-refractivity contribution in [3.63, 3.8) is 0 Å². The summed E-state index contributed by atoms with van der Waals surface area (Å²) in [5, 5.41) is 10.0. The standard InChI is InChI=1S/C28H34N2O4/c1-18(19-9-11-20(12-10-19)26(33)34-5)30-25(32)24(21-7-6-8-23(31)17-21)29-28(30)15-13-22(14-16-28)27(2,3)4/h6-12,17-18,22,31H,13-16H2,1-5H3. The Balaban J connectivity index is 1.71. The SMILES string of the molecule is COC(=O)c1ccc(C(C)N2C(=O)C(c3cccc(O)c3)=NC23CCC(C(C)(C)C)CC3)cc1. The molecular formula is C28H34N2O4. The number of carbonyl (C=O) groups is 2. The number of rotatable bonds is 4. The second-order valence-corrected chi connectivity index (χ2v) is 10.6. The van der Waals surface area contributed by atoms with E-state index in [9.17, 15) is 14.7 Å². The molecule has 2 aromatic rings. The van der Waals surface area contributed by atoms with Gasteiger partial charge < -0.3 is 14.7 Å². The summed E-state index contributed by atoms with van der Waals surface area (Å²) in [5.74, 6) is 0.181. The van der Waals surface area contributed by atoms with Crippen LogP contribution in [0.25, 0.3) is 0 Å². The van der Waals surface area contributed by atoms with Crippen LogP contribution in [0.1, 0.15) is 80.9 Å². The van der Waals surface area contributed by atoms with E-state index in [1.54, 1.807) is 30.3 Å². The van der Waals surface area contributed by atoms with E-state index in [1.165, 1.54) is 7.11 Å². The molecule has 6 nitrogen and oxygen atoms in total. The zero-order valence-electron chi connectivity index (χ0n) is 20.7. The molecule has 1 aliphatic carbocycles. The number of amides is 1. The summed E-state index contributed by atoms with van der Waals surface area (Å²) in [6.07, 6.45) is 3.59. The number of carbonyl (C=O) groups excluding carboxylic acids is 2. The number of phenolic OH excluding ortho intramolecular Hbond substituents is 1. The molecule has 0 radical (unpaired) electrons. The highest BCUT2D eigenvalue weighted by Crippen LogP contribution is 2.49. The van der Waals surface area contributed by atoms with Crippen LogP contribution in [0.5, 0.6) is 5.75 Å². The van der Waals surface area contributed by atoms with Crippen LogP contribution in [0.3, 0.4) is 0 Å². The number of benzene rings is 2. The monoisotopic (exact) mass is 462 g/mol. The molecule has 2 aromatic carbocycles. The Hall–Kier alpha value is -3.15. The summed E-state index contributed by atoms with van der Waals surface area (Å²) in [4.78, 5) is 32.7. The summed E-state index contributed by atoms with van der Waals surface area (Å²) in [6.45, 7) is 8.85. The first kappa shape index (κ1) is 24.0. The highest BCUT2D eigenvalue weighted by Gasteiger charge is 2.51. The first-order valence-corrected chi connectivity index (χ1v) is 12.0. The number of aliphatic imine (C=N–C) groups is 1. The average Bonchev–Trinajstić information content (AvgIpc) is 3.09. The van der Waals surface area contributed by atoms with Crippen LogP contribution in [0.15, 0.2) is 53.5 Å². The predicted octanol–water partition coefficient (Wildman–Crippen LogP) is 5.50. The van der Waals surface area contributed by atoms with Crippen molar-refractivity contribution >= 4 is 17.6 Å². The quantitative estimate of drug-likeness (QED) is 0.608. The van der Waals surface area contributed by atoms with E-state index >= 15 is 0 Å². The topological polar surface area (TPSA) is 79.2 Å². The maximum atomic E-state index is 13.8. The van der Waals surface area contributed by atoms with Gasteiger partial charge in [-0.3, -0.25) is 9.79 Å². The molecule has 1 heterocycles. The molecule has 1 atom stereocenters. The summed E-state index contributed by atoms with van der Waals surface area (Å²) in [7, 11) is 1.36. The Labute approximate surface area is 201 Å². The molecule has 2 aliphatic rings. The number of hydrogen-bond acceptors (Lipinski definition) is 5. The van der Waals surface area contributed by atoms with Crippen LogP contribution in [0.4, 0.5) is 0 Å². The molecular weight excluding hydrogens is 428 g/mol. The lowest BCUT2D eigenvalue weighted by Crippen LogP contribution is -2.50. The fourth-order valence-electron chi connectivity index (χ4n) is 5.45. The van der Waals surface area contributed by atoms with Crippen molar-refractivity contribution in [2.24, 2.45) is 16.3 Å². The fraction of sp³-hybridized carbons (Fsp3) is 0.464. The van der Waals surface area contributed by atoms with Crippen LogP contribution < -0.4 is 0 Å². The summed E-state index contributed by atoms with van der Waals surface area (Å²) < 4.78 is 4.81. The van der Waals surface area contributed by atoms with Gasteiger partial charge >= 0.3 is 5.97 Å². The van der Waals surface area contributed by atoms with E-state index in [-0.39, 0.29) is 29.1 Å². The van der Waals surface area contributed by atoms with Crippen LogP contribution >= 0.6 is 0 Å². The van der Waals surface area contributed by atoms with E-state index in [0.29, 0.717) is 22.8 Å². The molecule has 34 heavy (non-hydrogen) atoms. The molecule has 1 N–H and O–H groups in total. The molecule has 1 unspecified atom stereocenters. The second-order valence-electron chi connectivity index (χ2n) is 10.6. The van der Waals surface area contributed by atoms with Crippen molar-refractivity contribution in [3.8, 4) is 5.75 Å². The van der Waals surface area contributed by atoms with E-state index in [4.69, 9.17) is 9.73 Å². The summed E-state index contributed by atoms with van der Waals surface area (Å²) in [5.41, 5.74) is 2.05. The summed E-state index contributed by atoms with van der Waals surface area (Å²) >= 11 is 0. The van der Waals surface area contributed by atoms with E-state index in [2.05, 4.69) is 20.8 Å². The van der Waals surface area contributed by atoms with Crippen molar-refractivity contribution in [1.29, 1.82) is 0 Å². The number of hydrogen-bond donors (Lipinski definition) is 1. The molecule has 0 aromatic heterocycles. The Morgan fingerprint density at radius 2 is 1.79 bits per heavy atom. The Kier molecular flexibility index (Phi) is 6.28. The molecule has 1 fully saturated rings. The lowest BCUT2D eigenvalue weighted by atomic mass is 9.69. The molecule has 0 saturated heterocycles. The minimum atomic E-state index is -0.611. The Morgan fingerprint density at radius 1 is 1.15 bits per heavy atom. The minimum Gasteiger partial charge on any atom is -0.508 e. The van der Waals surface area contributed by atoms with Crippen molar-refractivity contribution < 1.29 is 19.4 Å². The van der Waals surface area contributed by atoms with Crippen molar-refractivity contribution in [1.82, 2.24) is 4.90 Å². The lowest BCUT2D eigenvalue weighted by molar-refractivity contribution is -0.132.